The van der Waals surface area contributed by atoms with Crippen LogP contribution >= 0.6 is 11.6 Å². The molecular weight excluding hydrogens is 254 g/mol. The predicted molar refractivity (Wildman–Crippen MR) is 82.8 cm³/mol. The van der Waals surface area contributed by atoms with E-state index in [9.17, 15) is 0 Å². The van der Waals surface area contributed by atoms with E-state index in [0.717, 1.165) is 18.0 Å². The molecule has 0 aromatic heterocycles. The molecule has 0 aliphatic rings. The Hall–Kier alpha value is -1.31. The van der Waals surface area contributed by atoms with Crippen molar-refractivity contribution in [2.45, 2.75) is 26.3 Å². The Morgan fingerprint density at radius 1 is 1.05 bits per heavy atom. The number of halogens is 1. The minimum Gasteiger partial charge on any atom is -0.310 e. The van der Waals surface area contributed by atoms with Gasteiger partial charge in [0.15, 0.2) is 0 Å². The van der Waals surface area contributed by atoms with E-state index >= 15 is 0 Å². The van der Waals surface area contributed by atoms with E-state index in [2.05, 4.69) is 55.6 Å². The molecule has 1 nitrogen and oxygen atoms in total. The molecule has 0 aliphatic carbocycles. The first-order valence-corrected chi connectivity index (χ1v) is 7.12. The Bertz CT molecular complexity index is 519. The van der Waals surface area contributed by atoms with E-state index in [1.54, 1.807) is 0 Å². The average Bonchev–Trinajstić information content (AvgIpc) is 2.41. The number of nitrogens with one attached hydrogen (secondary N) is 1. The molecule has 0 saturated heterocycles. The van der Waals surface area contributed by atoms with Crippen molar-refractivity contribution < 1.29 is 0 Å². The smallest absolute Gasteiger partial charge is 0.0406 e. The molecule has 0 fully saturated rings. The first kappa shape index (κ1) is 14.1. The summed E-state index contributed by atoms with van der Waals surface area (Å²) in [7, 11) is 0. The van der Waals surface area contributed by atoms with Crippen LogP contribution in [0.3, 0.4) is 0 Å². The Kier molecular flexibility index (Phi) is 5.00. The van der Waals surface area contributed by atoms with E-state index in [1.807, 2.05) is 12.1 Å². The van der Waals surface area contributed by atoms with Crippen LogP contribution in [-0.4, -0.2) is 6.54 Å². The molecule has 2 aromatic carbocycles. The maximum absolute atomic E-state index is 5.94. The van der Waals surface area contributed by atoms with Crippen LogP contribution in [0, 0.1) is 6.92 Å². The van der Waals surface area contributed by atoms with Gasteiger partial charge in [0.25, 0.3) is 0 Å². The zero-order valence-corrected chi connectivity index (χ0v) is 12.2. The third-order valence-electron chi connectivity index (χ3n) is 3.37. The van der Waals surface area contributed by atoms with Gasteiger partial charge in [-0.1, -0.05) is 54.9 Å². The quantitative estimate of drug-likeness (QED) is 0.843. The summed E-state index contributed by atoms with van der Waals surface area (Å²) < 4.78 is 0. The van der Waals surface area contributed by atoms with Crippen molar-refractivity contribution in [3.8, 4) is 0 Å². The van der Waals surface area contributed by atoms with Gasteiger partial charge in [-0.3, -0.25) is 0 Å². The lowest BCUT2D eigenvalue weighted by molar-refractivity contribution is 0.547. The number of hydrogen-bond acceptors (Lipinski definition) is 1. The van der Waals surface area contributed by atoms with E-state index in [0.29, 0.717) is 6.04 Å². The molecule has 1 atom stereocenters. The molecule has 0 heterocycles. The number of hydrogen-bond donors (Lipinski definition) is 1. The Labute approximate surface area is 120 Å². The number of likely N-dealkylation sites (N-methyl/N-ethyl adjacent to an activating group) is 1. The van der Waals surface area contributed by atoms with Crippen LogP contribution in [0.1, 0.15) is 29.7 Å². The summed E-state index contributed by atoms with van der Waals surface area (Å²) in [4.78, 5) is 0. The summed E-state index contributed by atoms with van der Waals surface area (Å²) in [6.45, 7) is 5.28. The summed E-state index contributed by atoms with van der Waals surface area (Å²) in [5.74, 6) is 0. The van der Waals surface area contributed by atoms with Gasteiger partial charge >= 0.3 is 0 Å². The highest BCUT2D eigenvalue weighted by atomic mass is 35.5. The molecule has 0 aliphatic heterocycles. The van der Waals surface area contributed by atoms with Gasteiger partial charge in [0.1, 0.15) is 0 Å². The Morgan fingerprint density at radius 2 is 1.74 bits per heavy atom. The molecule has 0 saturated carbocycles. The summed E-state index contributed by atoms with van der Waals surface area (Å²) >= 11 is 5.94. The maximum atomic E-state index is 5.94. The first-order chi connectivity index (χ1) is 9.20. The fourth-order valence-electron chi connectivity index (χ4n) is 2.37. The topological polar surface area (TPSA) is 12.0 Å². The lowest BCUT2D eigenvalue weighted by Crippen LogP contribution is -2.23. The van der Waals surface area contributed by atoms with Crippen LogP contribution in [-0.2, 0) is 6.42 Å². The lowest BCUT2D eigenvalue weighted by atomic mass is 9.95. The third kappa shape index (κ3) is 3.82. The molecule has 0 radical (unpaired) electrons. The highest BCUT2D eigenvalue weighted by Crippen LogP contribution is 2.22. The van der Waals surface area contributed by atoms with Crippen LogP contribution in [0.2, 0.25) is 5.02 Å². The second-order valence-corrected chi connectivity index (χ2v) is 5.23. The molecule has 2 rings (SSSR count). The first-order valence-electron chi connectivity index (χ1n) is 6.74. The van der Waals surface area contributed by atoms with E-state index in [4.69, 9.17) is 11.6 Å². The highest BCUT2D eigenvalue weighted by Gasteiger charge is 2.12. The van der Waals surface area contributed by atoms with Gasteiger partial charge in [-0.25, -0.2) is 0 Å². The van der Waals surface area contributed by atoms with E-state index in [-0.39, 0.29) is 0 Å². The van der Waals surface area contributed by atoms with Crippen molar-refractivity contribution in [2.24, 2.45) is 0 Å². The Balaban J connectivity index is 2.21. The monoisotopic (exact) mass is 273 g/mol. The molecule has 2 heteroatoms. The van der Waals surface area contributed by atoms with Crippen molar-refractivity contribution in [1.29, 1.82) is 0 Å². The van der Waals surface area contributed by atoms with Gasteiger partial charge in [0.2, 0.25) is 0 Å². The minimum atomic E-state index is 0.354. The molecule has 0 spiro atoms. The van der Waals surface area contributed by atoms with E-state index < -0.39 is 0 Å². The molecule has 1 unspecified atom stereocenters. The molecule has 100 valence electrons. The van der Waals surface area contributed by atoms with Gasteiger partial charge in [0.05, 0.1) is 0 Å². The Morgan fingerprint density at radius 3 is 2.37 bits per heavy atom. The van der Waals surface area contributed by atoms with Crippen molar-refractivity contribution in [3.63, 3.8) is 0 Å². The van der Waals surface area contributed by atoms with Crippen LogP contribution in [0.5, 0.6) is 0 Å². The second-order valence-electron chi connectivity index (χ2n) is 4.80. The van der Waals surface area contributed by atoms with Crippen molar-refractivity contribution in [3.05, 3.63) is 70.2 Å². The molecule has 19 heavy (non-hydrogen) atoms. The number of rotatable bonds is 5. The molecule has 0 bridgehead atoms. The summed E-state index contributed by atoms with van der Waals surface area (Å²) in [5.41, 5.74) is 4.01. The zero-order chi connectivity index (χ0) is 13.7. The van der Waals surface area contributed by atoms with Crippen LogP contribution < -0.4 is 5.32 Å². The second kappa shape index (κ2) is 6.74. The third-order valence-corrected chi connectivity index (χ3v) is 3.62. The van der Waals surface area contributed by atoms with Gasteiger partial charge in [0, 0.05) is 11.1 Å². The highest BCUT2D eigenvalue weighted by molar-refractivity contribution is 6.30. The normalized spacial score (nSPS) is 12.4. The van der Waals surface area contributed by atoms with Gasteiger partial charge in [-0.05, 0) is 48.7 Å². The number of benzene rings is 2. The van der Waals surface area contributed by atoms with Gasteiger partial charge < -0.3 is 5.32 Å². The molecule has 2 aromatic rings. The number of aryl methyl sites for hydroxylation is 1. The minimum absolute atomic E-state index is 0.354. The van der Waals surface area contributed by atoms with Gasteiger partial charge in [-0.15, -0.1) is 0 Å². The summed E-state index contributed by atoms with van der Waals surface area (Å²) in [6, 6.07) is 17.0. The van der Waals surface area contributed by atoms with Crippen LogP contribution in [0.25, 0.3) is 0 Å². The van der Waals surface area contributed by atoms with E-state index in [1.165, 1.54) is 16.7 Å². The summed E-state index contributed by atoms with van der Waals surface area (Å²) in [6.07, 6.45) is 0.982. The standard InChI is InChI=1S/C17H20ClN/c1-3-19-17(16-7-5-4-6-13(16)2)12-14-8-10-15(18)11-9-14/h4-11,17,19H,3,12H2,1-2H3. The fourth-order valence-corrected chi connectivity index (χ4v) is 2.50. The largest absolute Gasteiger partial charge is 0.310 e. The predicted octanol–water partition coefficient (Wildman–Crippen LogP) is 4.54. The summed E-state index contributed by atoms with van der Waals surface area (Å²) in [5, 5.41) is 4.36. The van der Waals surface area contributed by atoms with Crippen molar-refractivity contribution in [1.82, 2.24) is 5.32 Å². The average molecular weight is 274 g/mol. The molecule has 1 N–H and O–H groups in total. The van der Waals surface area contributed by atoms with Crippen molar-refractivity contribution >= 4 is 11.6 Å². The van der Waals surface area contributed by atoms with Crippen molar-refractivity contribution in [2.75, 3.05) is 6.54 Å². The van der Waals surface area contributed by atoms with Gasteiger partial charge in [-0.2, -0.15) is 0 Å². The zero-order valence-electron chi connectivity index (χ0n) is 11.5. The fraction of sp³-hybridized carbons (Fsp3) is 0.294. The van der Waals surface area contributed by atoms with Crippen LogP contribution in [0.15, 0.2) is 48.5 Å². The lowest BCUT2D eigenvalue weighted by Gasteiger charge is -2.20. The molecule has 0 amide bonds. The molecular formula is C17H20ClN. The maximum Gasteiger partial charge on any atom is 0.0406 e. The SMILES string of the molecule is CCNC(Cc1ccc(Cl)cc1)c1ccccc1C. The van der Waals surface area contributed by atoms with Crippen LogP contribution in [0.4, 0.5) is 0 Å².